The first kappa shape index (κ1) is 28.3. The van der Waals surface area contributed by atoms with Crippen LogP contribution in [0.2, 0.25) is 10.0 Å². The van der Waals surface area contributed by atoms with Crippen LogP contribution in [-0.2, 0) is 17.6 Å². The summed E-state index contributed by atoms with van der Waals surface area (Å²) in [5.41, 5.74) is 2.79. The lowest BCUT2D eigenvalue weighted by atomic mass is 9.89. The van der Waals surface area contributed by atoms with E-state index in [1.54, 1.807) is 19.0 Å². The number of piperidine rings is 1. The molecule has 0 radical (unpaired) electrons. The third-order valence-corrected chi connectivity index (χ3v) is 7.57. The van der Waals surface area contributed by atoms with Crippen LogP contribution in [0.5, 0.6) is 0 Å². The number of rotatable bonds is 9. The smallest absolute Gasteiger partial charge is 0.319 e. The maximum absolute atomic E-state index is 12.8. The standard InChI is InChI=1S/C28H38Cl2N4O2/c1-19(2)26(32-28(36)31-23-7-5-6-21(15-23)17-27(35)33(3)4)18-34-12-10-20(11-13-34)14-22-8-9-24(29)25(30)16-22/h5-9,15-16,19-20,26H,10-14,17-18H2,1-4H3,(H2,31,32,36). The van der Waals surface area contributed by atoms with Crippen LogP contribution in [0, 0.1) is 11.8 Å². The largest absolute Gasteiger partial charge is 0.349 e. The predicted octanol–water partition coefficient (Wildman–Crippen LogP) is 5.72. The number of carbonyl (C=O) groups is 2. The normalized spacial score (nSPS) is 15.5. The van der Waals surface area contributed by atoms with Crippen molar-refractivity contribution in [2.75, 3.05) is 39.0 Å². The summed E-state index contributed by atoms with van der Waals surface area (Å²) in [6.45, 7) is 7.12. The Bertz CT molecular complexity index is 1040. The fourth-order valence-corrected chi connectivity index (χ4v) is 4.82. The molecule has 3 rings (SSSR count). The number of halogens is 2. The van der Waals surface area contributed by atoms with Crippen molar-refractivity contribution in [2.24, 2.45) is 11.8 Å². The van der Waals surface area contributed by atoms with Gasteiger partial charge in [-0.3, -0.25) is 4.79 Å². The van der Waals surface area contributed by atoms with Gasteiger partial charge in [-0.15, -0.1) is 0 Å². The van der Waals surface area contributed by atoms with Crippen molar-refractivity contribution in [3.8, 4) is 0 Å². The molecule has 2 N–H and O–H groups in total. The van der Waals surface area contributed by atoms with E-state index in [1.807, 2.05) is 36.4 Å². The number of anilines is 1. The average molecular weight is 534 g/mol. The molecule has 3 amide bonds. The predicted molar refractivity (Wildman–Crippen MR) is 149 cm³/mol. The molecule has 36 heavy (non-hydrogen) atoms. The number of nitrogens with zero attached hydrogens (tertiary/aromatic N) is 2. The van der Waals surface area contributed by atoms with Gasteiger partial charge in [-0.05, 0) is 79.6 Å². The highest BCUT2D eigenvalue weighted by molar-refractivity contribution is 6.42. The van der Waals surface area contributed by atoms with Gasteiger partial charge in [0.15, 0.2) is 0 Å². The highest BCUT2D eigenvalue weighted by atomic mass is 35.5. The first-order valence-corrected chi connectivity index (χ1v) is 13.4. The van der Waals surface area contributed by atoms with Gasteiger partial charge >= 0.3 is 6.03 Å². The van der Waals surface area contributed by atoms with Gasteiger partial charge < -0.3 is 20.4 Å². The number of carbonyl (C=O) groups excluding carboxylic acids is 2. The third-order valence-electron chi connectivity index (χ3n) is 6.83. The molecule has 2 aromatic carbocycles. The fraction of sp³-hybridized carbons (Fsp3) is 0.500. The van der Waals surface area contributed by atoms with E-state index in [9.17, 15) is 9.59 Å². The molecule has 0 saturated carbocycles. The number of urea groups is 1. The quantitative estimate of drug-likeness (QED) is 0.433. The SMILES string of the molecule is CC(C)C(CN1CCC(Cc2ccc(Cl)c(Cl)c2)CC1)NC(=O)Nc1cccc(CC(=O)N(C)C)c1. The van der Waals surface area contributed by atoms with Gasteiger partial charge in [-0.25, -0.2) is 4.79 Å². The van der Waals surface area contributed by atoms with E-state index in [2.05, 4.69) is 35.4 Å². The summed E-state index contributed by atoms with van der Waals surface area (Å²) in [4.78, 5) is 28.8. The van der Waals surface area contributed by atoms with Crippen LogP contribution in [0.15, 0.2) is 42.5 Å². The molecule has 1 aliphatic rings. The Morgan fingerprint density at radius 1 is 1.03 bits per heavy atom. The van der Waals surface area contributed by atoms with Crippen LogP contribution in [-0.4, -0.2) is 61.5 Å². The second-order valence-electron chi connectivity index (χ2n) is 10.3. The second kappa shape index (κ2) is 13.3. The van der Waals surface area contributed by atoms with Crippen LogP contribution in [0.4, 0.5) is 10.5 Å². The molecule has 2 aromatic rings. The second-order valence-corrected chi connectivity index (χ2v) is 11.1. The van der Waals surface area contributed by atoms with Crippen LogP contribution < -0.4 is 10.6 Å². The number of nitrogens with one attached hydrogen (secondary N) is 2. The van der Waals surface area contributed by atoms with Crippen molar-refractivity contribution >= 4 is 40.8 Å². The molecule has 1 atom stereocenters. The Kier molecular flexibility index (Phi) is 10.5. The van der Waals surface area contributed by atoms with E-state index in [0.29, 0.717) is 34.0 Å². The minimum absolute atomic E-state index is 0.0252. The van der Waals surface area contributed by atoms with Crippen molar-refractivity contribution in [3.63, 3.8) is 0 Å². The summed E-state index contributed by atoms with van der Waals surface area (Å²) < 4.78 is 0. The van der Waals surface area contributed by atoms with Crippen molar-refractivity contribution in [1.82, 2.24) is 15.1 Å². The van der Waals surface area contributed by atoms with Crippen molar-refractivity contribution < 1.29 is 9.59 Å². The summed E-state index contributed by atoms with van der Waals surface area (Å²) in [6.07, 6.45) is 3.56. The van der Waals surface area contributed by atoms with Crippen LogP contribution in [0.1, 0.15) is 37.8 Å². The summed E-state index contributed by atoms with van der Waals surface area (Å²) >= 11 is 12.2. The van der Waals surface area contributed by atoms with Crippen molar-refractivity contribution in [1.29, 1.82) is 0 Å². The van der Waals surface area contributed by atoms with E-state index in [-0.39, 0.29) is 18.0 Å². The lowest BCUT2D eigenvalue weighted by Crippen LogP contribution is -2.49. The van der Waals surface area contributed by atoms with Crippen molar-refractivity contribution in [2.45, 2.75) is 45.6 Å². The topological polar surface area (TPSA) is 64.7 Å². The van der Waals surface area contributed by atoms with E-state index in [4.69, 9.17) is 23.2 Å². The van der Waals surface area contributed by atoms with Gasteiger partial charge in [0, 0.05) is 32.4 Å². The Balaban J connectivity index is 1.48. The van der Waals surface area contributed by atoms with E-state index in [1.165, 1.54) is 5.56 Å². The van der Waals surface area contributed by atoms with Gasteiger partial charge in [0.25, 0.3) is 0 Å². The van der Waals surface area contributed by atoms with E-state index < -0.39 is 0 Å². The monoisotopic (exact) mass is 532 g/mol. The zero-order valence-corrected chi connectivity index (χ0v) is 23.2. The highest BCUT2D eigenvalue weighted by Crippen LogP contribution is 2.27. The lowest BCUT2D eigenvalue weighted by molar-refractivity contribution is -0.127. The number of benzene rings is 2. The van der Waals surface area contributed by atoms with Gasteiger partial charge in [0.1, 0.15) is 0 Å². The van der Waals surface area contributed by atoms with Crippen molar-refractivity contribution in [3.05, 3.63) is 63.6 Å². The number of hydrogen-bond donors (Lipinski definition) is 2. The number of likely N-dealkylation sites (tertiary alicyclic amines) is 1. The number of hydrogen-bond acceptors (Lipinski definition) is 3. The zero-order chi connectivity index (χ0) is 26.2. The Morgan fingerprint density at radius 2 is 1.75 bits per heavy atom. The average Bonchev–Trinajstić information content (AvgIpc) is 2.82. The maximum Gasteiger partial charge on any atom is 0.319 e. The third kappa shape index (κ3) is 8.68. The van der Waals surface area contributed by atoms with Crippen LogP contribution in [0.3, 0.4) is 0 Å². The number of likely N-dealkylation sites (N-methyl/N-ethyl adjacent to an activating group) is 1. The van der Waals surface area contributed by atoms with Crippen LogP contribution in [0.25, 0.3) is 0 Å². The molecule has 0 bridgehead atoms. The molecule has 0 spiro atoms. The first-order chi connectivity index (χ1) is 17.1. The van der Waals surface area contributed by atoms with Gasteiger partial charge in [0.05, 0.1) is 16.5 Å². The van der Waals surface area contributed by atoms with Gasteiger partial charge in [-0.1, -0.05) is 55.2 Å². The summed E-state index contributed by atoms with van der Waals surface area (Å²) in [5.74, 6) is 0.949. The Morgan fingerprint density at radius 3 is 2.39 bits per heavy atom. The van der Waals surface area contributed by atoms with Gasteiger partial charge in [-0.2, -0.15) is 0 Å². The molecule has 1 fully saturated rings. The molecule has 0 aromatic heterocycles. The number of amides is 3. The molecule has 196 valence electrons. The first-order valence-electron chi connectivity index (χ1n) is 12.6. The summed E-state index contributed by atoms with van der Waals surface area (Å²) in [6, 6.07) is 13.2. The minimum Gasteiger partial charge on any atom is -0.349 e. The molecule has 6 nitrogen and oxygen atoms in total. The van der Waals surface area contributed by atoms with Crippen LogP contribution >= 0.6 is 23.2 Å². The molecule has 1 saturated heterocycles. The Labute approximate surface area is 225 Å². The van der Waals surface area contributed by atoms with E-state index >= 15 is 0 Å². The van der Waals surface area contributed by atoms with E-state index in [0.717, 1.165) is 44.5 Å². The molecule has 0 aliphatic carbocycles. The lowest BCUT2D eigenvalue weighted by Gasteiger charge is -2.35. The maximum atomic E-state index is 12.8. The zero-order valence-electron chi connectivity index (χ0n) is 21.7. The molecule has 8 heteroatoms. The molecule has 1 unspecified atom stereocenters. The fourth-order valence-electron chi connectivity index (χ4n) is 4.50. The Hall–Kier alpha value is -2.28. The summed E-state index contributed by atoms with van der Waals surface area (Å²) in [7, 11) is 3.48. The summed E-state index contributed by atoms with van der Waals surface area (Å²) in [5, 5.41) is 7.31. The highest BCUT2D eigenvalue weighted by Gasteiger charge is 2.24. The minimum atomic E-state index is -0.223. The molecular weight excluding hydrogens is 495 g/mol. The van der Waals surface area contributed by atoms with Gasteiger partial charge in [0.2, 0.25) is 5.91 Å². The molecule has 1 aliphatic heterocycles. The molecular formula is C28H38Cl2N4O2. The molecule has 1 heterocycles.